The number of nitrogens with zero attached hydrogens (tertiary/aromatic N) is 1. The number of carbonyl (C=O) groups excluding carboxylic acids is 3. The first-order chi connectivity index (χ1) is 11.2. The molecule has 0 aromatic heterocycles. The van der Waals surface area contributed by atoms with Crippen molar-refractivity contribution >= 4 is 52.5 Å². The number of halogens is 3. The maximum absolute atomic E-state index is 12.6. The van der Waals surface area contributed by atoms with Crippen LogP contribution in [0.5, 0.6) is 0 Å². The van der Waals surface area contributed by atoms with Crippen LogP contribution in [0.15, 0.2) is 11.8 Å². The molecule has 9 heteroatoms. The van der Waals surface area contributed by atoms with E-state index < -0.39 is 27.6 Å². The Morgan fingerprint density at radius 2 is 2.17 bits per heavy atom. The van der Waals surface area contributed by atoms with Gasteiger partial charge in [-0.1, -0.05) is 34.8 Å². The Morgan fingerprint density at radius 1 is 1.50 bits per heavy atom. The van der Waals surface area contributed by atoms with E-state index in [1.54, 1.807) is 0 Å². The number of carbonyl (C=O) groups is 3. The summed E-state index contributed by atoms with van der Waals surface area (Å²) in [5.41, 5.74) is 0. The molecule has 1 atom stereocenters. The molecule has 0 aromatic carbocycles. The Bertz CT molecular complexity index is 578. The molecule has 1 N–H and O–H groups in total. The van der Waals surface area contributed by atoms with Crippen LogP contribution in [0.2, 0.25) is 0 Å². The van der Waals surface area contributed by atoms with E-state index in [0.29, 0.717) is 5.76 Å². The van der Waals surface area contributed by atoms with Crippen molar-refractivity contribution in [2.75, 3.05) is 13.7 Å². The molecule has 6 nitrogen and oxygen atoms in total. The molecule has 0 saturated heterocycles. The standard InChI is InChI=1S/C15H17Cl3N2O4/c1-3-4-5-12(21)19-11(6-7-15(16,17)18)14(23)20-9-10(24-2)8-13(20)22/h1,8,11H,4-7,9H2,2H3,(H,19,21). The highest BCUT2D eigenvalue weighted by atomic mass is 35.6. The molecule has 0 fully saturated rings. The van der Waals surface area contributed by atoms with E-state index in [0.717, 1.165) is 4.90 Å². The molecule has 1 aliphatic rings. The highest BCUT2D eigenvalue weighted by Crippen LogP contribution is 2.32. The topological polar surface area (TPSA) is 75.7 Å². The summed E-state index contributed by atoms with van der Waals surface area (Å²) in [6, 6.07) is -1.00. The van der Waals surface area contributed by atoms with Crippen molar-refractivity contribution in [1.82, 2.24) is 10.2 Å². The van der Waals surface area contributed by atoms with E-state index in [2.05, 4.69) is 11.2 Å². The fourth-order valence-corrected chi connectivity index (χ4v) is 2.34. The van der Waals surface area contributed by atoms with Gasteiger partial charge < -0.3 is 10.1 Å². The first-order valence-electron chi connectivity index (χ1n) is 7.07. The zero-order valence-electron chi connectivity index (χ0n) is 13.0. The Kier molecular flexibility index (Phi) is 7.88. The summed E-state index contributed by atoms with van der Waals surface area (Å²) >= 11 is 17.1. The van der Waals surface area contributed by atoms with Gasteiger partial charge in [-0.25, -0.2) is 0 Å². The summed E-state index contributed by atoms with van der Waals surface area (Å²) in [6.07, 6.45) is 6.69. The summed E-state index contributed by atoms with van der Waals surface area (Å²) < 4.78 is 3.39. The first kappa shape index (κ1) is 20.6. The first-order valence-corrected chi connectivity index (χ1v) is 8.20. The van der Waals surface area contributed by atoms with Crippen LogP contribution in [0.1, 0.15) is 25.7 Å². The van der Waals surface area contributed by atoms with Gasteiger partial charge in [0.2, 0.25) is 5.91 Å². The highest BCUT2D eigenvalue weighted by molar-refractivity contribution is 6.67. The maximum Gasteiger partial charge on any atom is 0.257 e. The van der Waals surface area contributed by atoms with Crippen molar-refractivity contribution in [2.24, 2.45) is 0 Å². The highest BCUT2D eigenvalue weighted by Gasteiger charge is 2.35. The number of ether oxygens (including phenoxy) is 1. The van der Waals surface area contributed by atoms with Crippen LogP contribution in [-0.2, 0) is 19.1 Å². The van der Waals surface area contributed by atoms with Gasteiger partial charge in [-0.3, -0.25) is 19.3 Å². The van der Waals surface area contributed by atoms with Crippen LogP contribution >= 0.6 is 34.8 Å². The number of hydrogen-bond donors (Lipinski definition) is 1. The number of amides is 3. The molecule has 0 saturated carbocycles. The molecular weight excluding hydrogens is 379 g/mol. The minimum Gasteiger partial charge on any atom is -0.499 e. The summed E-state index contributed by atoms with van der Waals surface area (Å²) in [5, 5.41) is 2.54. The average Bonchev–Trinajstić information content (AvgIpc) is 2.88. The van der Waals surface area contributed by atoms with Gasteiger partial charge in [0.05, 0.1) is 13.7 Å². The number of terminal acetylenes is 1. The summed E-state index contributed by atoms with van der Waals surface area (Å²) in [4.78, 5) is 37.3. The van der Waals surface area contributed by atoms with Crippen molar-refractivity contribution in [3.63, 3.8) is 0 Å². The fourth-order valence-electron chi connectivity index (χ4n) is 2.01. The molecule has 24 heavy (non-hydrogen) atoms. The predicted octanol–water partition coefficient (Wildman–Crippen LogP) is 1.93. The number of alkyl halides is 3. The number of methoxy groups -OCH3 is 1. The molecule has 0 aliphatic carbocycles. The van der Waals surface area contributed by atoms with Gasteiger partial charge in [0.25, 0.3) is 11.8 Å². The summed E-state index contributed by atoms with van der Waals surface area (Å²) in [5.74, 6) is 1.16. The Labute approximate surface area is 155 Å². The third-order valence-corrected chi connectivity index (χ3v) is 3.81. The smallest absolute Gasteiger partial charge is 0.257 e. The van der Waals surface area contributed by atoms with Crippen LogP contribution in [-0.4, -0.2) is 46.1 Å². The largest absolute Gasteiger partial charge is 0.499 e. The van der Waals surface area contributed by atoms with Crippen LogP contribution in [0, 0.1) is 12.3 Å². The normalized spacial score (nSPS) is 15.5. The number of rotatable bonds is 7. The molecule has 132 valence electrons. The van der Waals surface area contributed by atoms with Gasteiger partial charge in [-0.15, -0.1) is 12.3 Å². The van der Waals surface area contributed by atoms with E-state index in [1.165, 1.54) is 13.2 Å². The quantitative estimate of drug-likeness (QED) is 0.528. The number of hydrogen-bond acceptors (Lipinski definition) is 4. The lowest BCUT2D eigenvalue weighted by atomic mass is 10.1. The SMILES string of the molecule is C#CCCC(=O)NC(CCC(Cl)(Cl)Cl)C(=O)N1CC(OC)=CC1=O. The van der Waals surface area contributed by atoms with Crippen LogP contribution in [0.4, 0.5) is 0 Å². The van der Waals surface area contributed by atoms with Crippen LogP contribution in [0.3, 0.4) is 0 Å². The van der Waals surface area contributed by atoms with E-state index in [4.69, 9.17) is 46.0 Å². The molecule has 0 spiro atoms. The second-order valence-electron chi connectivity index (χ2n) is 5.06. The average molecular weight is 396 g/mol. The monoisotopic (exact) mass is 394 g/mol. The molecular formula is C15H17Cl3N2O4. The van der Waals surface area contributed by atoms with Crippen molar-refractivity contribution in [1.29, 1.82) is 0 Å². The van der Waals surface area contributed by atoms with Crippen molar-refractivity contribution in [3.05, 3.63) is 11.8 Å². The van der Waals surface area contributed by atoms with Gasteiger partial charge in [-0.2, -0.15) is 0 Å². The second-order valence-corrected chi connectivity index (χ2v) is 7.57. The molecule has 1 heterocycles. The zero-order chi connectivity index (χ0) is 18.3. The molecule has 0 aromatic rings. The molecule has 0 bridgehead atoms. The van der Waals surface area contributed by atoms with Gasteiger partial charge in [-0.05, 0) is 12.8 Å². The second kappa shape index (κ2) is 9.16. The summed E-state index contributed by atoms with van der Waals surface area (Å²) in [7, 11) is 1.40. The van der Waals surface area contributed by atoms with Gasteiger partial charge >= 0.3 is 0 Å². The molecule has 3 amide bonds. The minimum absolute atomic E-state index is 0.00133. The Morgan fingerprint density at radius 3 is 2.67 bits per heavy atom. The lowest BCUT2D eigenvalue weighted by Crippen LogP contribution is -2.49. The number of nitrogens with one attached hydrogen (secondary N) is 1. The van der Waals surface area contributed by atoms with E-state index >= 15 is 0 Å². The molecule has 0 radical (unpaired) electrons. The van der Waals surface area contributed by atoms with E-state index in [1.807, 2.05) is 0 Å². The third kappa shape index (κ3) is 6.60. The predicted molar refractivity (Wildman–Crippen MR) is 91.3 cm³/mol. The number of imide groups is 1. The minimum atomic E-state index is -1.58. The lowest BCUT2D eigenvalue weighted by Gasteiger charge is -2.24. The molecule has 1 aliphatic heterocycles. The van der Waals surface area contributed by atoms with E-state index in [9.17, 15) is 14.4 Å². The Hall–Kier alpha value is -1.42. The van der Waals surface area contributed by atoms with Crippen LogP contribution in [0.25, 0.3) is 0 Å². The third-order valence-electron chi connectivity index (χ3n) is 3.24. The fraction of sp³-hybridized carbons (Fsp3) is 0.533. The van der Waals surface area contributed by atoms with E-state index in [-0.39, 0.29) is 32.2 Å². The van der Waals surface area contributed by atoms with Crippen molar-refractivity contribution < 1.29 is 19.1 Å². The van der Waals surface area contributed by atoms with Crippen molar-refractivity contribution in [3.8, 4) is 12.3 Å². The molecule has 1 rings (SSSR count). The summed E-state index contributed by atoms with van der Waals surface area (Å²) in [6.45, 7) is -0.00133. The maximum atomic E-state index is 12.6. The van der Waals surface area contributed by atoms with Gasteiger partial charge in [0.15, 0.2) is 3.79 Å². The molecule has 1 unspecified atom stereocenters. The zero-order valence-corrected chi connectivity index (χ0v) is 15.2. The Balaban J connectivity index is 2.80. The van der Waals surface area contributed by atoms with Crippen LogP contribution < -0.4 is 5.32 Å². The van der Waals surface area contributed by atoms with Gasteiger partial charge in [0, 0.05) is 18.9 Å². The van der Waals surface area contributed by atoms with Crippen molar-refractivity contribution in [2.45, 2.75) is 35.5 Å². The lowest BCUT2D eigenvalue weighted by molar-refractivity contribution is -0.143. The van der Waals surface area contributed by atoms with Gasteiger partial charge in [0.1, 0.15) is 11.8 Å².